The van der Waals surface area contributed by atoms with Crippen LogP contribution in [0.2, 0.25) is 0 Å². The second-order valence-corrected chi connectivity index (χ2v) is 8.26. The van der Waals surface area contributed by atoms with E-state index in [4.69, 9.17) is 4.74 Å². The van der Waals surface area contributed by atoms with Crippen molar-refractivity contribution >= 4 is 21.8 Å². The minimum absolute atomic E-state index is 0.209. The molecule has 3 aromatic heterocycles. The van der Waals surface area contributed by atoms with E-state index in [1.165, 1.54) is 6.07 Å². The van der Waals surface area contributed by atoms with Crippen LogP contribution < -0.4 is 4.74 Å². The lowest BCUT2D eigenvalue weighted by atomic mass is 10.0. The van der Waals surface area contributed by atoms with Crippen LogP contribution in [-0.2, 0) is 6.18 Å². The molecule has 0 amide bonds. The summed E-state index contributed by atoms with van der Waals surface area (Å²) in [5.41, 5.74) is 2.41. The SMILES string of the molecule is FC(F)(F)c1cccc(-n2c3ccccc3c3ccc(-c4cccc(Oc5ccccn5)c4)cc32)n1. The first-order valence-electron chi connectivity index (χ1n) is 11.2. The Bertz CT molecular complexity index is 1710. The summed E-state index contributed by atoms with van der Waals surface area (Å²) in [6.45, 7) is 0. The van der Waals surface area contributed by atoms with E-state index in [1.807, 2.05) is 78.9 Å². The maximum atomic E-state index is 13.4. The van der Waals surface area contributed by atoms with E-state index >= 15 is 0 Å². The molecule has 7 heteroatoms. The first-order valence-corrected chi connectivity index (χ1v) is 11.2. The van der Waals surface area contributed by atoms with Crippen LogP contribution in [0.25, 0.3) is 38.8 Å². The van der Waals surface area contributed by atoms with Gasteiger partial charge in [0.05, 0.1) is 11.0 Å². The molecule has 0 unspecified atom stereocenters. The molecule has 0 spiro atoms. The summed E-state index contributed by atoms with van der Waals surface area (Å²) in [4.78, 5) is 8.16. The number of aromatic nitrogens is 3. The summed E-state index contributed by atoms with van der Waals surface area (Å²) < 4.78 is 47.9. The fourth-order valence-electron chi connectivity index (χ4n) is 4.37. The van der Waals surface area contributed by atoms with Gasteiger partial charge in [0.2, 0.25) is 5.88 Å². The van der Waals surface area contributed by atoms with E-state index in [0.717, 1.165) is 39.0 Å². The molecule has 4 nitrogen and oxygen atoms in total. The van der Waals surface area contributed by atoms with E-state index < -0.39 is 11.9 Å². The zero-order valence-electron chi connectivity index (χ0n) is 18.8. The van der Waals surface area contributed by atoms with Crippen LogP contribution in [0.15, 0.2) is 109 Å². The molecule has 3 heterocycles. The third-order valence-corrected chi connectivity index (χ3v) is 5.96. The molecular weight excluding hydrogens is 463 g/mol. The molecule has 0 aliphatic rings. The number of halogens is 3. The number of ether oxygens (including phenoxy) is 1. The summed E-state index contributed by atoms with van der Waals surface area (Å²) >= 11 is 0. The van der Waals surface area contributed by atoms with Gasteiger partial charge in [-0.05, 0) is 53.6 Å². The largest absolute Gasteiger partial charge is 0.439 e. The third-order valence-electron chi connectivity index (χ3n) is 5.96. The first-order chi connectivity index (χ1) is 17.5. The Kier molecular flexibility index (Phi) is 5.18. The Morgan fingerprint density at radius 3 is 2.28 bits per heavy atom. The molecule has 0 N–H and O–H groups in total. The molecule has 0 saturated carbocycles. The number of nitrogens with zero attached hydrogens (tertiary/aromatic N) is 3. The average Bonchev–Trinajstić information content (AvgIpc) is 3.23. The van der Waals surface area contributed by atoms with Crippen molar-refractivity contribution in [3.05, 3.63) is 115 Å². The highest BCUT2D eigenvalue weighted by atomic mass is 19.4. The summed E-state index contributed by atoms with van der Waals surface area (Å²) in [5, 5.41) is 1.86. The van der Waals surface area contributed by atoms with E-state index in [9.17, 15) is 13.2 Å². The summed E-state index contributed by atoms with van der Waals surface area (Å²) in [7, 11) is 0. The molecule has 0 aliphatic carbocycles. The van der Waals surface area contributed by atoms with Crippen molar-refractivity contribution in [3.8, 4) is 28.6 Å². The van der Waals surface area contributed by atoms with Gasteiger partial charge in [0.25, 0.3) is 0 Å². The van der Waals surface area contributed by atoms with Gasteiger partial charge in [-0.1, -0.05) is 54.6 Å². The molecule has 176 valence electrons. The molecule has 0 fully saturated rings. The van der Waals surface area contributed by atoms with Gasteiger partial charge in [-0.25, -0.2) is 9.97 Å². The van der Waals surface area contributed by atoms with Crippen LogP contribution in [0, 0.1) is 0 Å². The maximum Gasteiger partial charge on any atom is 0.433 e. The van der Waals surface area contributed by atoms with Gasteiger partial charge in [-0.2, -0.15) is 13.2 Å². The highest BCUT2D eigenvalue weighted by Crippen LogP contribution is 2.36. The van der Waals surface area contributed by atoms with E-state index in [1.54, 1.807) is 22.9 Å². The molecule has 0 bridgehead atoms. The van der Waals surface area contributed by atoms with Crippen molar-refractivity contribution < 1.29 is 17.9 Å². The van der Waals surface area contributed by atoms with Crippen LogP contribution in [0.1, 0.15) is 5.69 Å². The Morgan fingerprint density at radius 1 is 0.667 bits per heavy atom. The number of hydrogen-bond acceptors (Lipinski definition) is 3. The first kappa shape index (κ1) is 21.9. The molecule has 36 heavy (non-hydrogen) atoms. The quantitative estimate of drug-likeness (QED) is 0.256. The topological polar surface area (TPSA) is 39.9 Å². The van der Waals surface area contributed by atoms with Crippen LogP contribution in [0.3, 0.4) is 0 Å². The van der Waals surface area contributed by atoms with Crippen molar-refractivity contribution in [2.75, 3.05) is 0 Å². The Hall–Kier alpha value is -4.65. The molecular formula is C29H18F3N3O. The van der Waals surface area contributed by atoms with Gasteiger partial charge in [-0.3, -0.25) is 4.57 Å². The highest BCUT2D eigenvalue weighted by Gasteiger charge is 2.32. The number of rotatable bonds is 4. The van der Waals surface area contributed by atoms with Gasteiger partial charge < -0.3 is 4.74 Å². The third kappa shape index (κ3) is 3.94. The lowest BCUT2D eigenvalue weighted by molar-refractivity contribution is -0.141. The van der Waals surface area contributed by atoms with Crippen molar-refractivity contribution in [1.82, 2.24) is 14.5 Å². The van der Waals surface area contributed by atoms with Gasteiger partial charge in [-0.15, -0.1) is 0 Å². The Morgan fingerprint density at radius 2 is 1.44 bits per heavy atom. The smallest absolute Gasteiger partial charge is 0.433 e. The van der Waals surface area contributed by atoms with Crippen molar-refractivity contribution in [1.29, 1.82) is 0 Å². The van der Waals surface area contributed by atoms with Crippen LogP contribution >= 0.6 is 0 Å². The zero-order chi connectivity index (χ0) is 24.7. The predicted molar refractivity (Wildman–Crippen MR) is 133 cm³/mol. The minimum Gasteiger partial charge on any atom is -0.439 e. The molecule has 0 atom stereocenters. The van der Waals surface area contributed by atoms with E-state index in [0.29, 0.717) is 11.6 Å². The van der Waals surface area contributed by atoms with Crippen molar-refractivity contribution in [3.63, 3.8) is 0 Å². The average molecular weight is 481 g/mol. The zero-order valence-corrected chi connectivity index (χ0v) is 18.8. The van der Waals surface area contributed by atoms with Crippen LogP contribution in [0.4, 0.5) is 13.2 Å². The number of pyridine rings is 2. The molecule has 6 rings (SSSR count). The lowest BCUT2D eigenvalue weighted by Crippen LogP contribution is -2.10. The van der Waals surface area contributed by atoms with Crippen molar-refractivity contribution in [2.45, 2.75) is 6.18 Å². The molecule has 6 aromatic rings. The normalized spacial score (nSPS) is 11.8. The van der Waals surface area contributed by atoms with Gasteiger partial charge in [0.15, 0.2) is 0 Å². The molecule has 3 aromatic carbocycles. The van der Waals surface area contributed by atoms with Gasteiger partial charge >= 0.3 is 6.18 Å². The fourth-order valence-corrected chi connectivity index (χ4v) is 4.37. The Labute approximate surface area is 204 Å². The molecule has 0 radical (unpaired) electrons. The van der Waals surface area contributed by atoms with Crippen LogP contribution in [-0.4, -0.2) is 14.5 Å². The van der Waals surface area contributed by atoms with E-state index in [2.05, 4.69) is 9.97 Å². The monoisotopic (exact) mass is 481 g/mol. The number of para-hydroxylation sites is 1. The number of benzene rings is 3. The number of alkyl halides is 3. The summed E-state index contributed by atoms with van der Waals surface area (Å²) in [5.74, 6) is 1.33. The van der Waals surface area contributed by atoms with E-state index in [-0.39, 0.29) is 5.82 Å². The fraction of sp³-hybridized carbons (Fsp3) is 0.0345. The summed E-state index contributed by atoms with van der Waals surface area (Å²) in [6, 6.07) is 30.6. The molecule has 0 aliphatic heterocycles. The Balaban J connectivity index is 1.51. The van der Waals surface area contributed by atoms with Crippen molar-refractivity contribution in [2.24, 2.45) is 0 Å². The number of fused-ring (bicyclic) bond motifs is 3. The van der Waals surface area contributed by atoms with Gasteiger partial charge in [0, 0.05) is 23.0 Å². The summed E-state index contributed by atoms with van der Waals surface area (Å²) in [6.07, 6.45) is -2.87. The standard InChI is InChI=1S/C29H18F3N3O/c30-29(31,32)26-11-6-12-27(34-26)35-24-10-2-1-9-22(24)23-15-14-20(18-25(23)35)19-7-5-8-21(17-19)36-28-13-3-4-16-33-28/h1-18H. The molecule has 0 saturated heterocycles. The number of hydrogen-bond donors (Lipinski definition) is 0. The predicted octanol–water partition coefficient (Wildman–Crippen LogP) is 8.05. The second-order valence-electron chi connectivity index (χ2n) is 8.26. The highest BCUT2D eigenvalue weighted by molar-refractivity contribution is 6.10. The second kappa shape index (κ2) is 8.53. The minimum atomic E-state index is -4.53. The van der Waals surface area contributed by atoms with Crippen LogP contribution in [0.5, 0.6) is 11.6 Å². The lowest BCUT2D eigenvalue weighted by Gasteiger charge is -2.11. The van der Waals surface area contributed by atoms with Gasteiger partial charge in [0.1, 0.15) is 17.3 Å². The maximum absolute atomic E-state index is 13.4.